The first-order chi connectivity index (χ1) is 10.0. The van der Waals surface area contributed by atoms with Crippen LogP contribution in [0, 0.1) is 5.82 Å². The topological polar surface area (TPSA) is 83.8 Å². The van der Waals surface area contributed by atoms with Crippen LogP contribution in [0.15, 0.2) is 41.3 Å². The van der Waals surface area contributed by atoms with Crippen LogP contribution in [0.25, 0.3) is 22.6 Å². The highest BCUT2D eigenvalue weighted by molar-refractivity contribution is 5.68. The molecule has 2 heterocycles. The molecule has 106 valence electrons. The van der Waals surface area contributed by atoms with Gasteiger partial charge in [-0.2, -0.15) is 10.1 Å². The van der Waals surface area contributed by atoms with E-state index in [1.54, 1.807) is 24.0 Å². The summed E-state index contributed by atoms with van der Waals surface area (Å²) in [4.78, 5) is 18.7. The molecular formula is C14H11FN4O2. The normalized spacial score (nSPS) is 10.8. The van der Waals surface area contributed by atoms with Crippen LogP contribution < -0.4 is 5.56 Å². The van der Waals surface area contributed by atoms with E-state index < -0.39 is 17.3 Å². The van der Waals surface area contributed by atoms with E-state index in [-0.39, 0.29) is 11.4 Å². The number of hydrogen-bond acceptors (Lipinski definition) is 4. The molecule has 3 aromatic rings. The number of hydrogen-bond donors (Lipinski definition) is 2. The predicted octanol–water partition coefficient (Wildman–Crippen LogP) is 1.68. The summed E-state index contributed by atoms with van der Waals surface area (Å²) in [6.07, 6.45) is 1.69. The SMILES string of the molecule is Cn1ccc(-c2nc(O)c(-c3ccc(F)cc3)c(=O)[nH]2)n1. The van der Waals surface area contributed by atoms with E-state index >= 15 is 0 Å². The van der Waals surface area contributed by atoms with E-state index in [4.69, 9.17) is 0 Å². The number of benzene rings is 1. The lowest BCUT2D eigenvalue weighted by molar-refractivity contribution is 0.454. The quantitative estimate of drug-likeness (QED) is 0.750. The molecule has 0 aliphatic rings. The lowest BCUT2D eigenvalue weighted by Crippen LogP contribution is -2.12. The molecule has 2 N–H and O–H groups in total. The minimum Gasteiger partial charge on any atom is -0.493 e. The third-order valence-corrected chi connectivity index (χ3v) is 2.99. The van der Waals surface area contributed by atoms with Crippen molar-refractivity contribution in [1.29, 1.82) is 0 Å². The highest BCUT2D eigenvalue weighted by atomic mass is 19.1. The molecule has 0 aliphatic heterocycles. The van der Waals surface area contributed by atoms with Gasteiger partial charge in [0.2, 0.25) is 5.88 Å². The first kappa shape index (κ1) is 13.0. The minimum atomic E-state index is -0.519. The van der Waals surface area contributed by atoms with Crippen molar-refractivity contribution in [3.63, 3.8) is 0 Å². The molecule has 7 heteroatoms. The number of aromatic nitrogens is 4. The van der Waals surface area contributed by atoms with Crippen LogP contribution in [0.1, 0.15) is 0 Å². The summed E-state index contributed by atoms with van der Waals surface area (Å²) in [6.45, 7) is 0. The maximum Gasteiger partial charge on any atom is 0.262 e. The van der Waals surface area contributed by atoms with Gasteiger partial charge in [-0.1, -0.05) is 12.1 Å². The van der Waals surface area contributed by atoms with Crippen LogP contribution in [-0.4, -0.2) is 24.9 Å². The highest BCUT2D eigenvalue weighted by Crippen LogP contribution is 2.25. The molecule has 3 rings (SSSR count). The number of nitrogens with one attached hydrogen (secondary N) is 1. The third kappa shape index (κ3) is 2.40. The zero-order valence-electron chi connectivity index (χ0n) is 11.0. The van der Waals surface area contributed by atoms with Gasteiger partial charge >= 0.3 is 0 Å². The van der Waals surface area contributed by atoms with Gasteiger partial charge in [0.1, 0.15) is 17.1 Å². The Balaban J connectivity index is 2.12. The van der Waals surface area contributed by atoms with Gasteiger partial charge in [0.05, 0.1) is 0 Å². The largest absolute Gasteiger partial charge is 0.493 e. The molecule has 2 aromatic heterocycles. The van der Waals surface area contributed by atoms with Crippen LogP contribution in [0.2, 0.25) is 0 Å². The Morgan fingerprint density at radius 3 is 2.52 bits per heavy atom. The molecule has 0 saturated heterocycles. The molecule has 0 unspecified atom stereocenters. The van der Waals surface area contributed by atoms with Gasteiger partial charge in [-0.05, 0) is 23.8 Å². The number of halogens is 1. The summed E-state index contributed by atoms with van der Waals surface area (Å²) in [5.41, 5.74) is 0.301. The molecule has 0 amide bonds. The van der Waals surface area contributed by atoms with Crippen molar-refractivity contribution in [1.82, 2.24) is 19.7 Å². The fourth-order valence-electron chi connectivity index (χ4n) is 2.00. The Kier molecular flexibility index (Phi) is 3.02. The van der Waals surface area contributed by atoms with Crippen LogP contribution in [0.3, 0.4) is 0 Å². The van der Waals surface area contributed by atoms with E-state index in [1.807, 2.05) is 0 Å². The number of rotatable bonds is 2. The molecule has 1 aromatic carbocycles. The van der Waals surface area contributed by atoms with Gasteiger partial charge in [-0.25, -0.2) is 4.39 Å². The van der Waals surface area contributed by atoms with Crippen LogP contribution in [0.4, 0.5) is 4.39 Å². The lowest BCUT2D eigenvalue weighted by atomic mass is 10.1. The second-order valence-electron chi connectivity index (χ2n) is 4.49. The van der Waals surface area contributed by atoms with Crippen LogP contribution in [-0.2, 0) is 7.05 Å². The summed E-state index contributed by atoms with van der Waals surface area (Å²) in [5.74, 6) is -0.678. The first-order valence-corrected chi connectivity index (χ1v) is 6.14. The van der Waals surface area contributed by atoms with E-state index in [0.717, 1.165) is 0 Å². The summed E-state index contributed by atoms with van der Waals surface area (Å²) in [7, 11) is 1.73. The standard InChI is InChI=1S/C14H11FN4O2/c1-19-7-6-10(18-19)12-16-13(20)11(14(21)17-12)8-2-4-9(15)5-3-8/h2-7H,1H3,(H2,16,17,20,21). The zero-order chi connectivity index (χ0) is 15.0. The van der Waals surface area contributed by atoms with Gasteiger partial charge in [0.25, 0.3) is 5.56 Å². The minimum absolute atomic E-state index is 0.00492. The summed E-state index contributed by atoms with van der Waals surface area (Å²) in [5, 5.41) is 14.1. The Hall–Kier alpha value is -2.96. The van der Waals surface area contributed by atoms with E-state index in [9.17, 15) is 14.3 Å². The zero-order valence-corrected chi connectivity index (χ0v) is 11.0. The summed E-state index contributed by atoms with van der Waals surface area (Å²) in [6, 6.07) is 6.89. The number of nitrogens with zero attached hydrogens (tertiary/aromatic N) is 3. The molecule has 0 atom stereocenters. The van der Waals surface area contributed by atoms with Crippen molar-refractivity contribution in [2.24, 2.45) is 7.05 Å². The Bertz CT molecular complexity index is 852. The highest BCUT2D eigenvalue weighted by Gasteiger charge is 2.15. The van der Waals surface area contributed by atoms with Crippen molar-refractivity contribution in [3.05, 3.63) is 52.7 Å². The molecule has 6 nitrogen and oxygen atoms in total. The fraction of sp³-hybridized carbons (Fsp3) is 0.0714. The summed E-state index contributed by atoms with van der Waals surface area (Å²) < 4.78 is 14.5. The molecular weight excluding hydrogens is 275 g/mol. The van der Waals surface area contributed by atoms with Gasteiger partial charge in [0.15, 0.2) is 5.82 Å². The smallest absolute Gasteiger partial charge is 0.262 e. The maximum absolute atomic E-state index is 12.9. The molecule has 21 heavy (non-hydrogen) atoms. The predicted molar refractivity (Wildman–Crippen MR) is 74.1 cm³/mol. The lowest BCUT2D eigenvalue weighted by Gasteiger charge is -2.05. The molecule has 0 radical (unpaired) electrons. The number of aromatic hydroxyl groups is 1. The first-order valence-electron chi connectivity index (χ1n) is 6.14. The van der Waals surface area contributed by atoms with Gasteiger partial charge in [-0.15, -0.1) is 0 Å². The van der Waals surface area contributed by atoms with E-state index in [0.29, 0.717) is 11.3 Å². The van der Waals surface area contributed by atoms with Gasteiger partial charge in [-0.3, -0.25) is 9.48 Å². The van der Waals surface area contributed by atoms with E-state index in [1.165, 1.54) is 24.3 Å². The second-order valence-corrected chi connectivity index (χ2v) is 4.49. The second kappa shape index (κ2) is 4.86. The number of H-pyrrole nitrogens is 1. The van der Waals surface area contributed by atoms with Gasteiger partial charge in [0, 0.05) is 13.2 Å². The fourth-order valence-corrected chi connectivity index (χ4v) is 2.00. The maximum atomic E-state index is 12.9. The molecule has 0 bridgehead atoms. The number of aromatic amines is 1. The van der Waals surface area contributed by atoms with Crippen molar-refractivity contribution in [2.45, 2.75) is 0 Å². The molecule has 0 fully saturated rings. The van der Waals surface area contributed by atoms with E-state index in [2.05, 4.69) is 15.1 Å². The Morgan fingerprint density at radius 1 is 1.24 bits per heavy atom. The molecule has 0 aliphatic carbocycles. The van der Waals surface area contributed by atoms with Crippen molar-refractivity contribution in [2.75, 3.05) is 0 Å². The van der Waals surface area contributed by atoms with Gasteiger partial charge < -0.3 is 10.1 Å². The Morgan fingerprint density at radius 2 is 1.95 bits per heavy atom. The van der Waals surface area contributed by atoms with Crippen molar-refractivity contribution < 1.29 is 9.50 Å². The average molecular weight is 286 g/mol. The third-order valence-electron chi connectivity index (χ3n) is 2.99. The molecule has 0 saturated carbocycles. The van der Waals surface area contributed by atoms with Crippen molar-refractivity contribution >= 4 is 0 Å². The van der Waals surface area contributed by atoms with Crippen LogP contribution >= 0.6 is 0 Å². The van der Waals surface area contributed by atoms with Crippen LogP contribution in [0.5, 0.6) is 5.88 Å². The molecule has 0 spiro atoms. The van der Waals surface area contributed by atoms with Crippen molar-refractivity contribution in [3.8, 4) is 28.5 Å². The number of aryl methyl sites for hydroxylation is 1. The Labute approximate surface area is 118 Å². The monoisotopic (exact) mass is 286 g/mol. The average Bonchev–Trinajstić information content (AvgIpc) is 2.87. The summed E-state index contributed by atoms with van der Waals surface area (Å²) >= 11 is 0.